The number of carbonyl (C=O) groups is 1. The van der Waals surface area contributed by atoms with Crippen LogP contribution in [-0.2, 0) is 14.3 Å². The van der Waals surface area contributed by atoms with E-state index in [1.807, 2.05) is 0 Å². The molecule has 20 heavy (non-hydrogen) atoms. The fourth-order valence-corrected chi connectivity index (χ4v) is 1.89. The lowest BCUT2D eigenvalue weighted by Crippen LogP contribution is -2.26. The maximum absolute atomic E-state index is 11.8. The van der Waals surface area contributed by atoms with E-state index in [4.69, 9.17) is 9.47 Å². The molecular weight excluding hydrogens is 264 g/mol. The number of hydrogen-bond donors (Lipinski definition) is 0. The summed E-state index contributed by atoms with van der Waals surface area (Å²) in [5.41, 5.74) is -0.578. The molecule has 0 amide bonds. The number of nitro groups is 1. The number of hydrogen-bond acceptors (Lipinski definition) is 6. The zero-order valence-corrected chi connectivity index (χ0v) is 12.4. The highest BCUT2D eigenvalue weighted by molar-refractivity contribution is 5.82. The predicted octanol–water partition coefficient (Wildman–Crippen LogP) is 2.29. The molecule has 1 aliphatic heterocycles. The Hall–Kier alpha value is -1.92. The minimum atomic E-state index is -0.637. The molecule has 1 aliphatic rings. The van der Waals surface area contributed by atoms with E-state index < -0.39 is 16.5 Å². The molecule has 0 spiro atoms. The second kappa shape index (κ2) is 6.02. The van der Waals surface area contributed by atoms with Crippen molar-refractivity contribution in [3.8, 4) is 0 Å². The van der Waals surface area contributed by atoms with Gasteiger partial charge >= 0.3 is 5.97 Å². The van der Waals surface area contributed by atoms with E-state index >= 15 is 0 Å². The molecule has 0 aromatic rings. The molecule has 112 valence electrons. The quantitative estimate of drug-likeness (QED) is 0.450. The molecule has 7 nitrogen and oxygen atoms in total. The zero-order valence-electron chi connectivity index (χ0n) is 12.4. The van der Waals surface area contributed by atoms with Gasteiger partial charge in [0.2, 0.25) is 0 Å². The van der Waals surface area contributed by atoms with Crippen molar-refractivity contribution in [2.75, 3.05) is 7.11 Å². The van der Waals surface area contributed by atoms with Crippen LogP contribution in [0.4, 0.5) is 0 Å². The summed E-state index contributed by atoms with van der Waals surface area (Å²) in [6.07, 6.45) is -0.0367. The van der Waals surface area contributed by atoms with Gasteiger partial charge in [0.15, 0.2) is 5.90 Å². The Morgan fingerprint density at radius 2 is 2.10 bits per heavy atom. The standard InChI is InChI=1S/C13H20N2O5/c1-8-6-10(15(17)18)9(14-12(8)19-5)7-11(16)20-13(2,3)4/h8H,6-7H2,1-5H3. The monoisotopic (exact) mass is 284 g/mol. The minimum absolute atomic E-state index is 0.0517. The Morgan fingerprint density at radius 1 is 1.50 bits per heavy atom. The van der Waals surface area contributed by atoms with Gasteiger partial charge in [-0.25, -0.2) is 4.99 Å². The summed E-state index contributed by atoms with van der Waals surface area (Å²) >= 11 is 0. The maximum atomic E-state index is 11.8. The third-order valence-corrected chi connectivity index (χ3v) is 2.66. The molecule has 0 aliphatic carbocycles. The average Bonchev–Trinajstić information content (AvgIpc) is 2.28. The third-order valence-electron chi connectivity index (χ3n) is 2.66. The van der Waals surface area contributed by atoms with Gasteiger partial charge in [0, 0.05) is 5.92 Å². The number of esters is 1. The Morgan fingerprint density at radius 3 is 2.55 bits per heavy atom. The van der Waals surface area contributed by atoms with E-state index in [-0.39, 0.29) is 30.2 Å². The number of methoxy groups -OCH3 is 1. The van der Waals surface area contributed by atoms with Crippen molar-refractivity contribution in [2.45, 2.75) is 46.1 Å². The van der Waals surface area contributed by atoms with Gasteiger partial charge in [-0.2, -0.15) is 0 Å². The largest absolute Gasteiger partial charge is 0.484 e. The van der Waals surface area contributed by atoms with E-state index in [1.54, 1.807) is 27.7 Å². The first-order valence-electron chi connectivity index (χ1n) is 6.35. The van der Waals surface area contributed by atoms with Crippen LogP contribution in [0.25, 0.3) is 0 Å². The average molecular weight is 284 g/mol. The van der Waals surface area contributed by atoms with Crippen LogP contribution >= 0.6 is 0 Å². The van der Waals surface area contributed by atoms with E-state index in [2.05, 4.69) is 4.99 Å². The topological polar surface area (TPSA) is 91.0 Å². The number of rotatable bonds is 3. The van der Waals surface area contributed by atoms with Crippen LogP contribution in [0.1, 0.15) is 40.5 Å². The first kappa shape index (κ1) is 16.1. The summed E-state index contributed by atoms with van der Waals surface area (Å²) < 4.78 is 10.2. The lowest BCUT2D eigenvalue weighted by atomic mass is 10.0. The normalized spacial score (nSPS) is 19.4. The fraction of sp³-hybridized carbons (Fsp3) is 0.692. The molecule has 1 atom stereocenters. The number of allylic oxidation sites excluding steroid dienone is 1. The molecule has 0 aromatic carbocycles. The Bertz CT molecular complexity index is 474. The smallest absolute Gasteiger partial charge is 0.312 e. The molecular formula is C13H20N2O5. The van der Waals surface area contributed by atoms with Crippen LogP contribution in [0, 0.1) is 16.0 Å². The highest BCUT2D eigenvalue weighted by atomic mass is 16.6. The van der Waals surface area contributed by atoms with Gasteiger partial charge in [-0.05, 0) is 20.8 Å². The SMILES string of the molecule is COC1=NC(CC(=O)OC(C)(C)C)=C([N+](=O)[O-])CC1C. The molecule has 1 unspecified atom stereocenters. The lowest BCUT2D eigenvalue weighted by molar-refractivity contribution is -0.430. The number of nitrogens with zero attached hydrogens (tertiary/aromatic N) is 2. The predicted molar refractivity (Wildman–Crippen MR) is 72.7 cm³/mol. The van der Waals surface area contributed by atoms with Crippen molar-refractivity contribution in [1.29, 1.82) is 0 Å². The number of aliphatic imine (C=N–C) groups is 1. The Labute approximate surface area is 117 Å². The van der Waals surface area contributed by atoms with Crippen molar-refractivity contribution >= 4 is 11.9 Å². The van der Waals surface area contributed by atoms with Gasteiger partial charge in [0.25, 0.3) is 5.70 Å². The van der Waals surface area contributed by atoms with Crippen LogP contribution in [0.5, 0.6) is 0 Å². The maximum Gasteiger partial charge on any atom is 0.312 e. The van der Waals surface area contributed by atoms with Gasteiger partial charge in [-0.15, -0.1) is 0 Å². The van der Waals surface area contributed by atoms with Gasteiger partial charge < -0.3 is 9.47 Å². The van der Waals surface area contributed by atoms with Gasteiger partial charge in [0.1, 0.15) is 11.3 Å². The number of carbonyl (C=O) groups excluding carboxylic acids is 1. The third kappa shape index (κ3) is 4.32. The van der Waals surface area contributed by atoms with Gasteiger partial charge in [0.05, 0.1) is 24.9 Å². The Balaban J connectivity index is 2.98. The van der Waals surface area contributed by atoms with E-state index in [0.717, 1.165) is 0 Å². The van der Waals surface area contributed by atoms with Crippen molar-refractivity contribution in [3.05, 3.63) is 21.5 Å². The summed E-state index contributed by atoms with van der Waals surface area (Å²) in [5, 5.41) is 11.1. The summed E-state index contributed by atoms with van der Waals surface area (Å²) in [6, 6.07) is 0. The first-order chi connectivity index (χ1) is 9.14. The fourth-order valence-electron chi connectivity index (χ4n) is 1.89. The van der Waals surface area contributed by atoms with Crippen LogP contribution in [0.3, 0.4) is 0 Å². The molecule has 0 saturated heterocycles. The van der Waals surface area contributed by atoms with Crippen molar-refractivity contribution in [3.63, 3.8) is 0 Å². The molecule has 0 N–H and O–H groups in total. The first-order valence-corrected chi connectivity index (χ1v) is 6.35. The van der Waals surface area contributed by atoms with Crippen molar-refractivity contribution < 1.29 is 19.2 Å². The zero-order chi connectivity index (χ0) is 15.5. The Kier molecular flexibility index (Phi) is 4.86. The molecule has 0 aromatic heterocycles. The summed E-state index contributed by atoms with van der Waals surface area (Å²) in [4.78, 5) is 26.4. The van der Waals surface area contributed by atoms with Crippen molar-refractivity contribution in [2.24, 2.45) is 10.9 Å². The molecule has 0 saturated carbocycles. The van der Waals surface area contributed by atoms with Crippen LogP contribution < -0.4 is 0 Å². The minimum Gasteiger partial charge on any atom is -0.484 e. The number of ether oxygens (including phenoxy) is 2. The van der Waals surface area contributed by atoms with Crippen LogP contribution in [0.15, 0.2) is 16.4 Å². The van der Waals surface area contributed by atoms with E-state index in [1.165, 1.54) is 7.11 Å². The van der Waals surface area contributed by atoms with Gasteiger partial charge in [-0.1, -0.05) is 6.92 Å². The second-order valence-corrected chi connectivity index (χ2v) is 5.67. The summed E-state index contributed by atoms with van der Waals surface area (Å²) in [7, 11) is 1.46. The van der Waals surface area contributed by atoms with Gasteiger partial charge in [-0.3, -0.25) is 14.9 Å². The molecule has 0 bridgehead atoms. The molecule has 0 fully saturated rings. The van der Waals surface area contributed by atoms with E-state index in [9.17, 15) is 14.9 Å². The molecule has 1 heterocycles. The van der Waals surface area contributed by atoms with Crippen molar-refractivity contribution in [1.82, 2.24) is 0 Å². The van der Waals surface area contributed by atoms with E-state index in [0.29, 0.717) is 5.90 Å². The summed E-state index contributed by atoms with van der Waals surface area (Å²) in [6.45, 7) is 7.00. The highest BCUT2D eigenvalue weighted by Gasteiger charge is 2.32. The van der Waals surface area contributed by atoms with Crippen LogP contribution in [0.2, 0.25) is 0 Å². The van der Waals surface area contributed by atoms with Crippen LogP contribution in [-0.4, -0.2) is 29.5 Å². The molecule has 7 heteroatoms. The molecule has 1 rings (SSSR count). The second-order valence-electron chi connectivity index (χ2n) is 5.67. The molecule has 0 radical (unpaired) electrons. The summed E-state index contributed by atoms with van der Waals surface area (Å²) in [5.74, 6) is -0.322. The lowest BCUT2D eigenvalue weighted by Gasteiger charge is -2.21. The highest BCUT2D eigenvalue weighted by Crippen LogP contribution is 2.27.